The van der Waals surface area contributed by atoms with Crippen molar-refractivity contribution in [1.29, 1.82) is 5.26 Å². The van der Waals surface area contributed by atoms with E-state index in [9.17, 15) is 0 Å². The van der Waals surface area contributed by atoms with Gasteiger partial charge in [-0.05, 0) is 12.1 Å². The van der Waals surface area contributed by atoms with Crippen LogP contribution in [0.15, 0.2) is 12.1 Å². The molecule has 0 heterocycles. The van der Waals surface area contributed by atoms with E-state index in [0.717, 1.165) is 0 Å². The summed E-state index contributed by atoms with van der Waals surface area (Å²) in [4.78, 5) is 0. The van der Waals surface area contributed by atoms with E-state index in [1.165, 1.54) is 12.1 Å². The predicted octanol–water partition coefficient (Wildman–Crippen LogP) is 0.545. The van der Waals surface area contributed by atoms with Crippen molar-refractivity contribution in [1.82, 2.24) is 0 Å². The minimum atomic E-state index is -1.72. The van der Waals surface area contributed by atoms with Crippen LogP contribution in [0.1, 0.15) is 5.56 Å². The van der Waals surface area contributed by atoms with Crippen LogP contribution in [0.3, 0.4) is 0 Å². The normalized spacial score (nSPS) is 9.46. The smallest absolute Gasteiger partial charge is 0.423 e. The van der Waals surface area contributed by atoms with E-state index in [1.807, 2.05) is 6.07 Å². The monoisotopic (exact) mass is 215 g/mol. The predicted molar refractivity (Wildman–Crippen MR) is 51.0 cm³/mol. The third kappa shape index (κ3) is 2.14. The van der Waals surface area contributed by atoms with Gasteiger partial charge in [-0.3, -0.25) is 0 Å². The van der Waals surface area contributed by atoms with Crippen LogP contribution in [0.2, 0.25) is 10.0 Å². The number of halogens is 2. The minimum Gasteiger partial charge on any atom is -0.423 e. The molecule has 0 aliphatic heterocycles. The molecule has 1 aromatic rings. The molecule has 13 heavy (non-hydrogen) atoms. The molecule has 0 spiro atoms. The largest absolute Gasteiger partial charge is 0.490 e. The first-order chi connectivity index (χ1) is 6.06. The zero-order valence-corrected chi connectivity index (χ0v) is 7.84. The molecule has 0 aromatic heterocycles. The number of hydrogen-bond acceptors (Lipinski definition) is 3. The average molecular weight is 216 g/mol. The second-order valence-electron chi connectivity index (χ2n) is 2.35. The van der Waals surface area contributed by atoms with Gasteiger partial charge < -0.3 is 10.0 Å². The summed E-state index contributed by atoms with van der Waals surface area (Å²) < 4.78 is 0. The standard InChI is InChI=1S/C7H4BCl2NO2/c9-6-2-4(3-11)1-5(7(6)10)8(12)13/h1-2,12-13H. The van der Waals surface area contributed by atoms with Crippen LogP contribution in [0.4, 0.5) is 0 Å². The van der Waals surface area contributed by atoms with Crippen molar-refractivity contribution in [3.8, 4) is 6.07 Å². The molecule has 6 heteroatoms. The van der Waals surface area contributed by atoms with E-state index < -0.39 is 7.12 Å². The van der Waals surface area contributed by atoms with Gasteiger partial charge in [0.25, 0.3) is 0 Å². The minimum absolute atomic E-state index is 0.0331. The highest BCUT2D eigenvalue weighted by atomic mass is 35.5. The third-order valence-corrected chi connectivity index (χ3v) is 2.28. The highest BCUT2D eigenvalue weighted by Crippen LogP contribution is 2.20. The lowest BCUT2D eigenvalue weighted by molar-refractivity contribution is 0.426. The Bertz CT molecular complexity index is 375. The summed E-state index contributed by atoms with van der Waals surface area (Å²) in [5.41, 5.74) is 0.267. The van der Waals surface area contributed by atoms with Gasteiger partial charge in [-0.2, -0.15) is 5.26 Å². The van der Waals surface area contributed by atoms with Crippen molar-refractivity contribution >= 4 is 35.8 Å². The quantitative estimate of drug-likeness (QED) is 0.673. The number of hydrogen-bond donors (Lipinski definition) is 2. The summed E-state index contributed by atoms with van der Waals surface area (Å²) in [5.74, 6) is 0. The molecule has 0 atom stereocenters. The van der Waals surface area contributed by atoms with E-state index in [-0.39, 0.29) is 21.1 Å². The molecular formula is C7H4BCl2NO2. The Morgan fingerprint density at radius 1 is 1.31 bits per heavy atom. The van der Waals surface area contributed by atoms with Crippen LogP contribution in [-0.4, -0.2) is 17.2 Å². The van der Waals surface area contributed by atoms with Gasteiger partial charge in [0.1, 0.15) is 0 Å². The molecule has 0 unspecified atom stereocenters. The molecule has 1 rings (SSSR count). The fourth-order valence-electron chi connectivity index (χ4n) is 0.863. The van der Waals surface area contributed by atoms with Gasteiger partial charge in [-0.25, -0.2) is 0 Å². The van der Waals surface area contributed by atoms with Crippen molar-refractivity contribution in [2.45, 2.75) is 0 Å². The van der Waals surface area contributed by atoms with E-state index >= 15 is 0 Å². The van der Waals surface area contributed by atoms with Gasteiger partial charge in [-0.15, -0.1) is 0 Å². The molecule has 0 fully saturated rings. The summed E-state index contributed by atoms with van der Waals surface area (Å²) in [7, 11) is -1.72. The zero-order valence-electron chi connectivity index (χ0n) is 6.33. The molecule has 0 saturated carbocycles. The highest BCUT2D eigenvalue weighted by Gasteiger charge is 2.18. The highest BCUT2D eigenvalue weighted by molar-refractivity contribution is 6.64. The Morgan fingerprint density at radius 3 is 2.38 bits per heavy atom. The van der Waals surface area contributed by atoms with Crippen molar-refractivity contribution < 1.29 is 10.0 Å². The molecule has 0 aliphatic rings. The van der Waals surface area contributed by atoms with Crippen molar-refractivity contribution in [3.05, 3.63) is 27.7 Å². The first-order valence-corrected chi connectivity index (χ1v) is 4.07. The van der Waals surface area contributed by atoms with Gasteiger partial charge in [0.05, 0.1) is 21.7 Å². The Labute approximate surface area is 85.3 Å². The Kier molecular flexibility index (Phi) is 3.18. The molecular weight excluding hydrogens is 212 g/mol. The van der Waals surface area contributed by atoms with Crippen LogP contribution >= 0.6 is 23.2 Å². The van der Waals surface area contributed by atoms with Crippen LogP contribution in [0.25, 0.3) is 0 Å². The topological polar surface area (TPSA) is 64.2 Å². The number of benzene rings is 1. The SMILES string of the molecule is N#Cc1cc(Cl)c(Cl)c(B(O)O)c1. The van der Waals surface area contributed by atoms with Gasteiger partial charge in [-0.1, -0.05) is 23.2 Å². The zero-order chi connectivity index (χ0) is 10.0. The molecule has 0 aliphatic carbocycles. The van der Waals surface area contributed by atoms with Crippen LogP contribution in [0.5, 0.6) is 0 Å². The summed E-state index contributed by atoms with van der Waals surface area (Å²) in [6, 6.07) is 4.46. The molecule has 1 aromatic carbocycles. The van der Waals surface area contributed by atoms with Gasteiger partial charge in [0, 0.05) is 5.46 Å². The summed E-state index contributed by atoms with van der Waals surface area (Å²) in [6.07, 6.45) is 0. The lowest BCUT2D eigenvalue weighted by Gasteiger charge is -2.04. The van der Waals surface area contributed by atoms with Crippen molar-refractivity contribution in [2.24, 2.45) is 0 Å². The van der Waals surface area contributed by atoms with Crippen LogP contribution < -0.4 is 5.46 Å². The Hall–Kier alpha value is -0.725. The first-order valence-electron chi connectivity index (χ1n) is 3.31. The van der Waals surface area contributed by atoms with Crippen molar-refractivity contribution in [3.63, 3.8) is 0 Å². The van der Waals surface area contributed by atoms with Gasteiger partial charge in [0.2, 0.25) is 0 Å². The van der Waals surface area contributed by atoms with E-state index in [2.05, 4.69) is 0 Å². The van der Waals surface area contributed by atoms with Crippen molar-refractivity contribution in [2.75, 3.05) is 0 Å². The second-order valence-corrected chi connectivity index (χ2v) is 3.13. The van der Waals surface area contributed by atoms with E-state index in [1.54, 1.807) is 0 Å². The number of rotatable bonds is 1. The fraction of sp³-hybridized carbons (Fsp3) is 0. The first kappa shape index (κ1) is 10.4. The molecule has 0 saturated heterocycles. The lowest BCUT2D eigenvalue weighted by atomic mass is 9.79. The average Bonchev–Trinajstić information content (AvgIpc) is 2.09. The molecule has 3 nitrogen and oxygen atoms in total. The summed E-state index contributed by atoms with van der Waals surface area (Å²) >= 11 is 11.3. The number of nitrogens with zero attached hydrogens (tertiary/aromatic N) is 1. The van der Waals surface area contributed by atoms with Gasteiger partial charge >= 0.3 is 7.12 Å². The maximum Gasteiger partial charge on any atom is 0.490 e. The molecule has 0 bridgehead atoms. The molecule has 66 valence electrons. The molecule has 2 N–H and O–H groups in total. The Balaban J connectivity index is 3.35. The maximum atomic E-state index is 8.85. The van der Waals surface area contributed by atoms with E-state index in [0.29, 0.717) is 0 Å². The lowest BCUT2D eigenvalue weighted by Crippen LogP contribution is -2.31. The Morgan fingerprint density at radius 2 is 1.92 bits per heavy atom. The summed E-state index contributed by atoms with van der Waals surface area (Å²) in [6.45, 7) is 0. The second kappa shape index (κ2) is 3.99. The van der Waals surface area contributed by atoms with Gasteiger partial charge in [0.15, 0.2) is 0 Å². The molecule has 0 radical (unpaired) electrons. The van der Waals surface area contributed by atoms with Crippen LogP contribution in [0, 0.1) is 11.3 Å². The maximum absolute atomic E-state index is 8.85. The fourth-order valence-corrected chi connectivity index (χ4v) is 1.30. The number of nitriles is 1. The third-order valence-electron chi connectivity index (χ3n) is 1.46. The molecule has 0 amide bonds. The van der Waals surface area contributed by atoms with E-state index in [4.69, 9.17) is 38.5 Å². The van der Waals surface area contributed by atoms with Crippen LogP contribution in [-0.2, 0) is 0 Å². The summed E-state index contributed by atoms with van der Waals surface area (Å²) in [5, 5.41) is 26.4.